The number of hydrogen-bond donors (Lipinski definition) is 1. The molecule has 1 saturated heterocycles. The van der Waals surface area contributed by atoms with Crippen LogP contribution in [0.5, 0.6) is 0 Å². The molecular formula is C19H30N2. The average Bonchev–Trinajstić information content (AvgIpc) is 2.45. The first-order chi connectivity index (χ1) is 10.2. The van der Waals surface area contributed by atoms with Crippen LogP contribution in [0, 0.1) is 11.8 Å². The van der Waals surface area contributed by atoms with E-state index in [0.717, 1.165) is 24.3 Å². The molecule has 2 nitrogen and oxygen atoms in total. The first kappa shape index (κ1) is 15.1. The Kier molecular flexibility index (Phi) is 4.97. The molecular weight excluding hydrogens is 256 g/mol. The summed E-state index contributed by atoms with van der Waals surface area (Å²) in [5.41, 5.74) is 3.19. The molecule has 1 heterocycles. The van der Waals surface area contributed by atoms with Crippen LogP contribution in [0.25, 0.3) is 0 Å². The summed E-state index contributed by atoms with van der Waals surface area (Å²) in [5.74, 6) is 2.41. The van der Waals surface area contributed by atoms with Crippen LogP contribution in [-0.2, 0) is 6.42 Å². The lowest BCUT2D eigenvalue weighted by Crippen LogP contribution is -2.43. The minimum atomic E-state index is 0.760. The number of rotatable bonds is 6. The fourth-order valence-electron chi connectivity index (χ4n) is 3.90. The van der Waals surface area contributed by atoms with Crippen LogP contribution < -0.4 is 5.32 Å². The number of piperidine rings is 1. The quantitative estimate of drug-likeness (QED) is 0.863. The van der Waals surface area contributed by atoms with Gasteiger partial charge >= 0.3 is 0 Å². The van der Waals surface area contributed by atoms with Gasteiger partial charge in [0.2, 0.25) is 0 Å². The summed E-state index contributed by atoms with van der Waals surface area (Å²) in [7, 11) is 0. The van der Waals surface area contributed by atoms with Gasteiger partial charge in [-0.15, -0.1) is 0 Å². The largest absolute Gasteiger partial charge is 0.316 e. The van der Waals surface area contributed by atoms with Crippen molar-refractivity contribution in [3.63, 3.8) is 0 Å². The second kappa shape index (κ2) is 6.93. The van der Waals surface area contributed by atoms with Crippen LogP contribution >= 0.6 is 0 Å². The highest BCUT2D eigenvalue weighted by atomic mass is 15.1. The van der Waals surface area contributed by atoms with Crippen LogP contribution in [0.2, 0.25) is 0 Å². The summed E-state index contributed by atoms with van der Waals surface area (Å²) < 4.78 is 0. The summed E-state index contributed by atoms with van der Waals surface area (Å²) in [4.78, 5) is 2.71. The summed E-state index contributed by atoms with van der Waals surface area (Å²) >= 11 is 0. The van der Waals surface area contributed by atoms with Crippen molar-refractivity contribution in [2.45, 2.75) is 39.0 Å². The van der Waals surface area contributed by atoms with Crippen molar-refractivity contribution < 1.29 is 0 Å². The van der Waals surface area contributed by atoms with Gasteiger partial charge in [0.1, 0.15) is 0 Å². The van der Waals surface area contributed by atoms with Gasteiger partial charge in [0.15, 0.2) is 0 Å². The van der Waals surface area contributed by atoms with Crippen LogP contribution in [0.3, 0.4) is 0 Å². The lowest BCUT2D eigenvalue weighted by atomic mass is 9.77. The maximum Gasteiger partial charge on any atom is 0.00537 e. The molecule has 1 aliphatic carbocycles. The third kappa shape index (κ3) is 3.87. The number of nitrogens with one attached hydrogen (secondary N) is 1. The maximum atomic E-state index is 3.65. The zero-order chi connectivity index (χ0) is 14.7. The Hall–Kier alpha value is -0.860. The predicted octanol–water partition coefficient (Wildman–Crippen LogP) is 3.28. The van der Waals surface area contributed by atoms with E-state index >= 15 is 0 Å². The highest BCUT2D eigenvalue weighted by Gasteiger charge is 2.29. The SMILES string of the molecule is CC(C)CNCC1CCCN(CC2Cc3ccccc32)C1. The van der Waals surface area contributed by atoms with E-state index in [1.165, 1.54) is 45.4 Å². The summed E-state index contributed by atoms with van der Waals surface area (Å²) in [6, 6.07) is 8.99. The Morgan fingerprint density at radius 2 is 2.14 bits per heavy atom. The molecule has 1 fully saturated rings. The minimum absolute atomic E-state index is 0.760. The van der Waals surface area contributed by atoms with Crippen molar-refractivity contribution in [2.75, 3.05) is 32.7 Å². The second-order valence-corrected chi connectivity index (χ2v) is 7.42. The molecule has 2 atom stereocenters. The van der Waals surface area contributed by atoms with Crippen molar-refractivity contribution >= 4 is 0 Å². The smallest absolute Gasteiger partial charge is 0.00537 e. The molecule has 1 N–H and O–H groups in total. The Labute approximate surface area is 129 Å². The molecule has 2 heteroatoms. The minimum Gasteiger partial charge on any atom is -0.316 e. The van der Waals surface area contributed by atoms with Gasteiger partial charge in [-0.1, -0.05) is 38.1 Å². The summed E-state index contributed by atoms with van der Waals surface area (Å²) in [5, 5.41) is 3.65. The monoisotopic (exact) mass is 286 g/mol. The van der Waals surface area contributed by atoms with Gasteiger partial charge < -0.3 is 10.2 Å². The topological polar surface area (TPSA) is 15.3 Å². The predicted molar refractivity (Wildman–Crippen MR) is 89.8 cm³/mol. The van der Waals surface area contributed by atoms with E-state index in [2.05, 4.69) is 48.3 Å². The summed E-state index contributed by atoms with van der Waals surface area (Å²) in [6.45, 7) is 10.8. The van der Waals surface area contributed by atoms with E-state index in [0.29, 0.717) is 0 Å². The molecule has 1 aromatic carbocycles. The van der Waals surface area contributed by atoms with E-state index in [-0.39, 0.29) is 0 Å². The molecule has 116 valence electrons. The molecule has 0 spiro atoms. The average molecular weight is 286 g/mol. The third-order valence-electron chi connectivity index (χ3n) is 5.03. The molecule has 21 heavy (non-hydrogen) atoms. The van der Waals surface area contributed by atoms with Crippen molar-refractivity contribution in [1.82, 2.24) is 10.2 Å². The lowest BCUT2D eigenvalue weighted by Gasteiger charge is -2.39. The third-order valence-corrected chi connectivity index (χ3v) is 5.03. The Bertz CT molecular complexity index is 455. The fourth-order valence-corrected chi connectivity index (χ4v) is 3.90. The van der Waals surface area contributed by atoms with Gasteiger partial charge in [-0.25, -0.2) is 0 Å². The van der Waals surface area contributed by atoms with Crippen LogP contribution in [0.1, 0.15) is 43.7 Å². The van der Waals surface area contributed by atoms with Crippen LogP contribution in [-0.4, -0.2) is 37.6 Å². The Morgan fingerprint density at radius 3 is 2.95 bits per heavy atom. The Morgan fingerprint density at radius 1 is 1.29 bits per heavy atom. The van der Waals surface area contributed by atoms with Crippen LogP contribution in [0.4, 0.5) is 0 Å². The van der Waals surface area contributed by atoms with E-state index < -0.39 is 0 Å². The maximum absolute atomic E-state index is 3.65. The van der Waals surface area contributed by atoms with E-state index in [1.807, 2.05) is 0 Å². The molecule has 0 radical (unpaired) electrons. The highest BCUT2D eigenvalue weighted by molar-refractivity contribution is 5.40. The van der Waals surface area contributed by atoms with Crippen molar-refractivity contribution in [3.8, 4) is 0 Å². The number of likely N-dealkylation sites (tertiary alicyclic amines) is 1. The first-order valence-electron chi connectivity index (χ1n) is 8.73. The summed E-state index contributed by atoms with van der Waals surface area (Å²) in [6.07, 6.45) is 4.08. The molecule has 2 unspecified atom stereocenters. The fraction of sp³-hybridized carbons (Fsp3) is 0.684. The molecule has 1 aromatic rings. The lowest BCUT2D eigenvalue weighted by molar-refractivity contribution is 0.159. The molecule has 2 aliphatic rings. The molecule has 1 aliphatic heterocycles. The normalized spacial score (nSPS) is 25.7. The van der Waals surface area contributed by atoms with E-state index in [4.69, 9.17) is 0 Å². The first-order valence-corrected chi connectivity index (χ1v) is 8.73. The molecule has 3 rings (SSSR count). The number of nitrogens with zero attached hydrogens (tertiary/aromatic N) is 1. The van der Waals surface area contributed by atoms with Gasteiger partial charge in [-0.2, -0.15) is 0 Å². The number of hydrogen-bond acceptors (Lipinski definition) is 2. The molecule has 0 saturated carbocycles. The number of fused-ring (bicyclic) bond motifs is 1. The highest BCUT2D eigenvalue weighted by Crippen LogP contribution is 2.35. The standard InChI is InChI=1S/C19H30N2/c1-15(2)11-20-12-16-6-5-9-21(13-16)14-18-10-17-7-3-4-8-19(17)18/h3-4,7-8,15-16,18,20H,5-6,9-14H2,1-2H3. The molecule has 0 aromatic heterocycles. The molecule has 0 bridgehead atoms. The second-order valence-electron chi connectivity index (χ2n) is 7.42. The van der Waals surface area contributed by atoms with E-state index in [1.54, 1.807) is 11.1 Å². The number of benzene rings is 1. The Balaban J connectivity index is 1.44. The zero-order valence-electron chi connectivity index (χ0n) is 13.6. The molecule has 0 amide bonds. The van der Waals surface area contributed by atoms with Gasteiger partial charge in [-0.3, -0.25) is 0 Å². The van der Waals surface area contributed by atoms with Gasteiger partial charge in [0, 0.05) is 19.0 Å². The zero-order valence-corrected chi connectivity index (χ0v) is 13.6. The van der Waals surface area contributed by atoms with Crippen LogP contribution in [0.15, 0.2) is 24.3 Å². The van der Waals surface area contributed by atoms with Gasteiger partial charge in [-0.05, 0) is 61.9 Å². The van der Waals surface area contributed by atoms with Gasteiger partial charge in [0.25, 0.3) is 0 Å². The van der Waals surface area contributed by atoms with Crippen molar-refractivity contribution in [3.05, 3.63) is 35.4 Å². The van der Waals surface area contributed by atoms with Crippen molar-refractivity contribution in [2.24, 2.45) is 11.8 Å². The van der Waals surface area contributed by atoms with Crippen molar-refractivity contribution in [1.29, 1.82) is 0 Å². The van der Waals surface area contributed by atoms with Gasteiger partial charge in [0.05, 0.1) is 0 Å². The van der Waals surface area contributed by atoms with E-state index in [9.17, 15) is 0 Å².